The molecule has 0 bridgehead atoms. The van der Waals surface area contributed by atoms with Crippen LogP contribution in [0.25, 0.3) is 0 Å². The van der Waals surface area contributed by atoms with Gasteiger partial charge in [0, 0.05) is 5.41 Å². The predicted octanol–water partition coefficient (Wildman–Crippen LogP) is 5.69. The van der Waals surface area contributed by atoms with Gasteiger partial charge in [0.1, 0.15) is 6.17 Å². The third-order valence-corrected chi connectivity index (χ3v) is 6.39. The van der Waals surface area contributed by atoms with Crippen molar-refractivity contribution in [2.24, 2.45) is 5.92 Å². The molecule has 2 aliphatic rings. The summed E-state index contributed by atoms with van der Waals surface area (Å²) in [4.78, 5) is 0. The van der Waals surface area contributed by atoms with E-state index in [2.05, 4.69) is 0 Å². The van der Waals surface area contributed by atoms with Crippen molar-refractivity contribution < 1.29 is 9.50 Å². The van der Waals surface area contributed by atoms with Crippen molar-refractivity contribution in [3.63, 3.8) is 0 Å². The maximum atomic E-state index is 13.6. The predicted molar refractivity (Wildman–Crippen MR) is 89.5 cm³/mol. The van der Waals surface area contributed by atoms with E-state index in [0.717, 1.165) is 37.7 Å². The first kappa shape index (κ1) is 16.5. The van der Waals surface area contributed by atoms with Gasteiger partial charge in [0.05, 0.1) is 16.1 Å². The molecule has 0 radical (unpaired) electrons. The molecule has 0 heterocycles. The molecule has 1 N–H and O–H groups in total. The average Bonchev–Trinajstić information content (AvgIpc) is 2.41. The number of alkyl halides is 1. The first-order chi connectivity index (χ1) is 10.5. The van der Waals surface area contributed by atoms with Crippen molar-refractivity contribution in [2.75, 3.05) is 0 Å². The van der Waals surface area contributed by atoms with Crippen molar-refractivity contribution >= 4 is 23.2 Å². The Hall–Kier alpha value is -0.310. The van der Waals surface area contributed by atoms with E-state index in [0.29, 0.717) is 35.2 Å². The van der Waals surface area contributed by atoms with E-state index >= 15 is 0 Å². The van der Waals surface area contributed by atoms with Gasteiger partial charge in [-0.15, -0.1) is 0 Å². The van der Waals surface area contributed by atoms with Crippen LogP contribution < -0.4 is 0 Å². The van der Waals surface area contributed by atoms with E-state index in [1.165, 1.54) is 0 Å². The molecule has 3 rings (SSSR count). The largest absolute Gasteiger partial charge is 0.392 e. The van der Waals surface area contributed by atoms with Gasteiger partial charge >= 0.3 is 0 Å². The molecule has 0 aliphatic heterocycles. The Morgan fingerprint density at radius 2 is 1.95 bits per heavy atom. The molecule has 3 unspecified atom stereocenters. The molecular weight excluding hydrogens is 322 g/mol. The quantitative estimate of drug-likeness (QED) is 0.743. The zero-order valence-electron chi connectivity index (χ0n) is 12.7. The number of benzene rings is 1. The lowest BCUT2D eigenvalue weighted by Crippen LogP contribution is -2.46. The maximum absolute atomic E-state index is 13.6. The van der Waals surface area contributed by atoms with Gasteiger partial charge in [0.15, 0.2) is 0 Å². The van der Waals surface area contributed by atoms with Crippen LogP contribution >= 0.6 is 23.2 Å². The van der Waals surface area contributed by atoms with Crippen LogP contribution in [0.5, 0.6) is 0 Å². The van der Waals surface area contributed by atoms with E-state index in [4.69, 9.17) is 23.2 Å². The summed E-state index contributed by atoms with van der Waals surface area (Å²) < 4.78 is 13.6. The van der Waals surface area contributed by atoms with Gasteiger partial charge < -0.3 is 5.11 Å². The topological polar surface area (TPSA) is 20.2 Å². The highest BCUT2D eigenvalue weighted by atomic mass is 35.5. The molecule has 0 aromatic heterocycles. The summed E-state index contributed by atoms with van der Waals surface area (Å²) >= 11 is 12.2. The van der Waals surface area contributed by atoms with Crippen LogP contribution in [-0.4, -0.2) is 17.4 Å². The SMILES string of the molecule is OC(CC1CCCC(F)C1)C1(c2ccc(Cl)c(Cl)c2)CCC1. The van der Waals surface area contributed by atoms with Gasteiger partial charge in [-0.3, -0.25) is 0 Å². The zero-order chi connectivity index (χ0) is 15.7. The molecular formula is C18H23Cl2FO. The minimum atomic E-state index is -0.687. The fraction of sp³-hybridized carbons (Fsp3) is 0.667. The first-order valence-electron chi connectivity index (χ1n) is 8.29. The summed E-state index contributed by atoms with van der Waals surface area (Å²) in [5.41, 5.74) is 0.866. The third-order valence-electron chi connectivity index (χ3n) is 5.65. The second kappa shape index (κ2) is 6.67. The Balaban J connectivity index is 1.75. The van der Waals surface area contributed by atoms with Crippen LogP contribution in [0.15, 0.2) is 18.2 Å². The lowest BCUT2D eigenvalue weighted by atomic mass is 9.59. The molecule has 0 amide bonds. The lowest BCUT2D eigenvalue weighted by Gasteiger charge is -2.47. The van der Waals surface area contributed by atoms with E-state index in [9.17, 15) is 9.50 Å². The molecule has 3 atom stereocenters. The van der Waals surface area contributed by atoms with Gasteiger partial charge in [-0.1, -0.05) is 48.5 Å². The standard InChI is InChI=1S/C18H23Cl2FO/c19-15-6-5-13(11-16(15)20)18(7-2-8-18)17(22)10-12-3-1-4-14(21)9-12/h5-6,11-12,14,17,22H,1-4,7-10H2. The van der Waals surface area contributed by atoms with E-state index in [1.54, 1.807) is 0 Å². The summed E-state index contributed by atoms with van der Waals surface area (Å²) in [6, 6.07) is 5.69. The van der Waals surface area contributed by atoms with Gasteiger partial charge in [-0.2, -0.15) is 0 Å². The van der Waals surface area contributed by atoms with Crippen LogP contribution in [0.4, 0.5) is 4.39 Å². The highest BCUT2D eigenvalue weighted by molar-refractivity contribution is 6.42. The fourth-order valence-electron chi connectivity index (χ4n) is 4.16. The minimum absolute atomic E-state index is 0.211. The Kier molecular flexibility index (Phi) is 5.01. The van der Waals surface area contributed by atoms with Crippen LogP contribution in [0.3, 0.4) is 0 Å². The van der Waals surface area contributed by atoms with Crippen molar-refractivity contribution in [3.05, 3.63) is 33.8 Å². The summed E-state index contributed by atoms with van der Waals surface area (Å²) in [5, 5.41) is 12.0. The Morgan fingerprint density at radius 3 is 2.55 bits per heavy atom. The summed E-state index contributed by atoms with van der Waals surface area (Å²) in [5.74, 6) is 0.305. The number of hydrogen-bond donors (Lipinski definition) is 1. The van der Waals surface area contributed by atoms with Gasteiger partial charge in [-0.25, -0.2) is 4.39 Å². The highest BCUT2D eigenvalue weighted by Crippen LogP contribution is 2.49. The summed E-state index contributed by atoms with van der Waals surface area (Å²) in [6.45, 7) is 0. The van der Waals surface area contributed by atoms with Crippen molar-refractivity contribution in [3.8, 4) is 0 Å². The Labute approximate surface area is 141 Å². The zero-order valence-corrected chi connectivity index (χ0v) is 14.2. The Morgan fingerprint density at radius 1 is 1.18 bits per heavy atom. The molecule has 0 saturated heterocycles. The monoisotopic (exact) mass is 344 g/mol. The highest BCUT2D eigenvalue weighted by Gasteiger charge is 2.45. The van der Waals surface area contributed by atoms with Crippen molar-refractivity contribution in [1.29, 1.82) is 0 Å². The molecule has 1 nitrogen and oxygen atoms in total. The molecule has 2 saturated carbocycles. The number of halogens is 3. The first-order valence-corrected chi connectivity index (χ1v) is 9.04. The number of aliphatic hydroxyl groups is 1. The Bertz CT molecular complexity index is 530. The fourth-order valence-corrected chi connectivity index (χ4v) is 4.46. The minimum Gasteiger partial charge on any atom is -0.392 e. The van der Waals surface area contributed by atoms with E-state index in [1.807, 2.05) is 18.2 Å². The molecule has 2 fully saturated rings. The van der Waals surface area contributed by atoms with Crippen LogP contribution in [-0.2, 0) is 5.41 Å². The molecule has 0 spiro atoms. The molecule has 122 valence electrons. The smallest absolute Gasteiger partial charge is 0.100 e. The number of hydrogen-bond acceptors (Lipinski definition) is 1. The average molecular weight is 345 g/mol. The molecule has 2 aliphatic carbocycles. The lowest BCUT2D eigenvalue weighted by molar-refractivity contribution is 0.00295. The number of rotatable bonds is 4. The molecule has 4 heteroatoms. The second-order valence-corrected chi connectivity index (χ2v) is 7.83. The van der Waals surface area contributed by atoms with E-state index < -0.39 is 12.3 Å². The molecule has 1 aromatic rings. The third kappa shape index (κ3) is 3.16. The van der Waals surface area contributed by atoms with Crippen molar-refractivity contribution in [1.82, 2.24) is 0 Å². The van der Waals surface area contributed by atoms with E-state index in [-0.39, 0.29) is 5.41 Å². The van der Waals surface area contributed by atoms with Crippen LogP contribution in [0.1, 0.15) is 56.9 Å². The number of aliphatic hydroxyl groups excluding tert-OH is 1. The van der Waals surface area contributed by atoms with Crippen LogP contribution in [0, 0.1) is 5.92 Å². The maximum Gasteiger partial charge on any atom is 0.100 e. The van der Waals surface area contributed by atoms with Gasteiger partial charge in [-0.05, 0) is 55.7 Å². The molecule has 1 aromatic carbocycles. The van der Waals surface area contributed by atoms with Crippen molar-refractivity contribution in [2.45, 2.75) is 69.1 Å². The summed E-state index contributed by atoms with van der Waals surface area (Å²) in [6.07, 6.45) is 5.92. The van der Waals surface area contributed by atoms with Gasteiger partial charge in [0.25, 0.3) is 0 Å². The normalized spacial score (nSPS) is 28.9. The second-order valence-electron chi connectivity index (χ2n) is 7.02. The molecule has 22 heavy (non-hydrogen) atoms. The van der Waals surface area contributed by atoms with Crippen LogP contribution in [0.2, 0.25) is 10.0 Å². The van der Waals surface area contributed by atoms with Gasteiger partial charge in [0.2, 0.25) is 0 Å². The summed E-state index contributed by atoms with van der Waals surface area (Å²) in [7, 11) is 0.